The lowest BCUT2D eigenvalue weighted by atomic mass is 9.88. The van der Waals surface area contributed by atoms with Gasteiger partial charge in [0.2, 0.25) is 5.90 Å². The normalized spacial score (nSPS) is 22.2. The van der Waals surface area contributed by atoms with Crippen LogP contribution in [0.2, 0.25) is 0 Å². The minimum Gasteiger partial charge on any atom is -0.508 e. The fraction of sp³-hybridized carbons (Fsp3) is 0.227. The lowest BCUT2D eigenvalue weighted by Crippen LogP contribution is -2.43. The second-order valence-corrected chi connectivity index (χ2v) is 7.74. The van der Waals surface area contributed by atoms with Crippen LogP contribution >= 0.6 is 0 Å². The Bertz CT molecular complexity index is 1180. The Labute approximate surface area is 186 Å². The van der Waals surface area contributed by atoms with Gasteiger partial charge in [0.05, 0.1) is 0 Å². The number of aliphatic hydroxyl groups excluding tert-OH is 3. The van der Waals surface area contributed by atoms with Gasteiger partial charge in [-0.25, -0.2) is 0 Å². The fourth-order valence-corrected chi connectivity index (χ4v) is 3.82. The van der Waals surface area contributed by atoms with Gasteiger partial charge in [-0.1, -0.05) is 0 Å². The molecule has 174 valence electrons. The van der Waals surface area contributed by atoms with E-state index in [9.17, 15) is 40.9 Å². The van der Waals surface area contributed by atoms with E-state index in [1.54, 1.807) is 0 Å². The van der Waals surface area contributed by atoms with E-state index >= 15 is 0 Å². The number of nitrogens with one attached hydrogen (secondary N) is 1. The molecule has 2 aromatic carbocycles. The molecule has 1 heterocycles. The summed E-state index contributed by atoms with van der Waals surface area (Å²) in [4.78, 5) is 0. The van der Waals surface area contributed by atoms with Crippen molar-refractivity contribution < 1.29 is 50.3 Å². The van der Waals surface area contributed by atoms with Crippen LogP contribution in [0.1, 0.15) is 17.5 Å². The monoisotopic (exact) mass is 459 g/mol. The van der Waals surface area contributed by atoms with Crippen molar-refractivity contribution in [3.63, 3.8) is 0 Å². The summed E-state index contributed by atoms with van der Waals surface area (Å²) >= 11 is 0. The van der Waals surface area contributed by atoms with E-state index in [2.05, 4.69) is 0 Å². The van der Waals surface area contributed by atoms with Gasteiger partial charge in [0, 0.05) is 36.1 Å². The standard InChI is InChI=1S/C22H21NO10/c23-22(9-3-15(28)20(31)16(29)4-9)33-18-7-11-12(25)5-10(24)6-17(11)32-21(18)8-1-13(26)19(30)14(27)2-8/h1,3-6,14,18,21,23-31H,2,7H2/t14?,18-,21-/m1/s1. The summed E-state index contributed by atoms with van der Waals surface area (Å²) < 4.78 is 11.6. The van der Waals surface area contributed by atoms with Gasteiger partial charge in [-0.2, -0.15) is 0 Å². The molecular formula is C22H21NO10. The minimum atomic E-state index is -1.40. The van der Waals surface area contributed by atoms with Crippen molar-refractivity contribution in [1.82, 2.24) is 0 Å². The number of ether oxygens (including phenoxy) is 2. The highest BCUT2D eigenvalue weighted by Crippen LogP contribution is 2.42. The molecule has 1 unspecified atom stereocenters. The molecule has 4 rings (SSSR count). The number of benzene rings is 2. The Kier molecular flexibility index (Phi) is 5.34. The Morgan fingerprint density at radius 3 is 2.21 bits per heavy atom. The molecule has 0 aromatic heterocycles. The Hall–Kier alpha value is -4.25. The smallest absolute Gasteiger partial charge is 0.213 e. The SMILES string of the molecule is N=C(O[C@@H]1Cc2c(O)cc(O)cc2O[C@@H]1C1=CC(O)=C(O)C(O)C1)c1cc(O)c(O)c(O)c1. The van der Waals surface area contributed by atoms with Crippen molar-refractivity contribution >= 4 is 5.90 Å². The first-order chi connectivity index (χ1) is 15.5. The topological polar surface area (TPSA) is 204 Å². The number of aromatic hydroxyl groups is 5. The summed E-state index contributed by atoms with van der Waals surface area (Å²) in [7, 11) is 0. The van der Waals surface area contributed by atoms with Gasteiger partial charge in [-0.15, -0.1) is 0 Å². The van der Waals surface area contributed by atoms with Crippen LogP contribution in [-0.2, 0) is 11.2 Å². The number of phenols is 5. The van der Waals surface area contributed by atoms with Crippen LogP contribution in [0.15, 0.2) is 47.4 Å². The number of allylic oxidation sites excluding steroid dienone is 1. The number of rotatable bonds is 3. The molecule has 2 aromatic rings. The number of fused-ring (bicyclic) bond motifs is 1. The molecule has 2 aliphatic rings. The second-order valence-electron chi connectivity index (χ2n) is 7.74. The average Bonchev–Trinajstić information content (AvgIpc) is 2.75. The van der Waals surface area contributed by atoms with Gasteiger partial charge in [0.25, 0.3) is 0 Å². The lowest BCUT2D eigenvalue weighted by Gasteiger charge is -2.36. The number of hydrogen-bond donors (Lipinski definition) is 9. The first-order valence-electron chi connectivity index (χ1n) is 9.77. The van der Waals surface area contributed by atoms with Crippen LogP contribution in [0.3, 0.4) is 0 Å². The molecular weight excluding hydrogens is 438 g/mol. The highest BCUT2D eigenvalue weighted by atomic mass is 16.6. The minimum absolute atomic E-state index is 0.0194. The molecule has 11 heteroatoms. The van der Waals surface area contributed by atoms with Gasteiger partial charge in [-0.05, 0) is 23.8 Å². The van der Waals surface area contributed by atoms with Crippen LogP contribution in [0.4, 0.5) is 0 Å². The molecule has 0 saturated carbocycles. The van der Waals surface area contributed by atoms with E-state index in [0.717, 1.165) is 18.2 Å². The third-order valence-corrected chi connectivity index (χ3v) is 5.46. The van der Waals surface area contributed by atoms with E-state index in [4.69, 9.17) is 14.9 Å². The highest BCUT2D eigenvalue weighted by molar-refractivity contribution is 5.93. The quantitative estimate of drug-likeness (QED) is 0.185. The molecule has 0 fully saturated rings. The van der Waals surface area contributed by atoms with E-state index in [1.807, 2.05) is 0 Å². The molecule has 1 aliphatic carbocycles. The molecule has 1 aliphatic heterocycles. The summed E-state index contributed by atoms with van der Waals surface area (Å²) in [5.41, 5.74) is 0.513. The lowest BCUT2D eigenvalue weighted by molar-refractivity contribution is 0.0417. The predicted octanol–water partition coefficient (Wildman–Crippen LogP) is 1.95. The fourth-order valence-electron chi connectivity index (χ4n) is 3.82. The third-order valence-electron chi connectivity index (χ3n) is 5.46. The van der Waals surface area contributed by atoms with Crippen molar-refractivity contribution in [3.8, 4) is 34.5 Å². The molecule has 0 radical (unpaired) electrons. The Morgan fingerprint density at radius 2 is 1.58 bits per heavy atom. The summed E-state index contributed by atoms with van der Waals surface area (Å²) in [6.07, 6.45) is -2.39. The first kappa shape index (κ1) is 22.0. The zero-order valence-electron chi connectivity index (χ0n) is 16.9. The Morgan fingerprint density at radius 1 is 0.909 bits per heavy atom. The zero-order chi connectivity index (χ0) is 24.0. The summed E-state index contributed by atoms with van der Waals surface area (Å²) in [5, 5.41) is 87.0. The van der Waals surface area contributed by atoms with Crippen LogP contribution < -0.4 is 4.74 Å². The maximum atomic E-state index is 10.2. The van der Waals surface area contributed by atoms with Gasteiger partial charge in [-0.3, -0.25) is 5.41 Å². The average molecular weight is 459 g/mol. The molecule has 0 bridgehead atoms. The van der Waals surface area contributed by atoms with E-state index < -0.39 is 53.0 Å². The van der Waals surface area contributed by atoms with Crippen LogP contribution in [0.25, 0.3) is 0 Å². The summed E-state index contributed by atoms with van der Waals surface area (Å²) in [6, 6.07) is 4.40. The van der Waals surface area contributed by atoms with Gasteiger partial charge in [0.15, 0.2) is 34.9 Å². The summed E-state index contributed by atoms with van der Waals surface area (Å²) in [5.74, 6) is -4.20. The maximum absolute atomic E-state index is 10.2. The highest BCUT2D eigenvalue weighted by Gasteiger charge is 2.39. The number of hydrogen-bond acceptors (Lipinski definition) is 11. The van der Waals surface area contributed by atoms with Gasteiger partial charge < -0.3 is 50.3 Å². The molecule has 9 N–H and O–H groups in total. The Balaban J connectivity index is 1.71. The number of aliphatic hydroxyl groups is 3. The van der Waals surface area contributed by atoms with E-state index in [-0.39, 0.29) is 41.2 Å². The molecule has 33 heavy (non-hydrogen) atoms. The van der Waals surface area contributed by atoms with Crippen LogP contribution in [0.5, 0.6) is 34.5 Å². The van der Waals surface area contributed by atoms with Crippen LogP contribution in [-0.4, -0.2) is 65.1 Å². The van der Waals surface area contributed by atoms with Crippen molar-refractivity contribution in [2.45, 2.75) is 31.2 Å². The molecule has 0 amide bonds. The van der Waals surface area contributed by atoms with Crippen molar-refractivity contribution in [2.75, 3.05) is 0 Å². The van der Waals surface area contributed by atoms with Crippen molar-refractivity contribution in [3.05, 3.63) is 58.6 Å². The second kappa shape index (κ2) is 8.02. The van der Waals surface area contributed by atoms with Gasteiger partial charge >= 0.3 is 0 Å². The molecule has 0 saturated heterocycles. The third kappa shape index (κ3) is 4.01. The molecule has 11 nitrogen and oxygen atoms in total. The zero-order valence-corrected chi connectivity index (χ0v) is 16.9. The predicted molar refractivity (Wildman–Crippen MR) is 112 cm³/mol. The maximum Gasteiger partial charge on any atom is 0.213 e. The number of phenolic OH excluding ortho intramolecular Hbond substituents is 5. The van der Waals surface area contributed by atoms with E-state index in [1.165, 1.54) is 12.1 Å². The largest absolute Gasteiger partial charge is 0.508 e. The molecule has 3 atom stereocenters. The van der Waals surface area contributed by atoms with Crippen molar-refractivity contribution in [2.24, 2.45) is 0 Å². The molecule has 0 spiro atoms. The van der Waals surface area contributed by atoms with E-state index in [0.29, 0.717) is 5.57 Å². The first-order valence-corrected chi connectivity index (χ1v) is 9.77. The summed E-state index contributed by atoms with van der Waals surface area (Å²) in [6.45, 7) is 0. The van der Waals surface area contributed by atoms with Crippen molar-refractivity contribution in [1.29, 1.82) is 5.41 Å². The van der Waals surface area contributed by atoms with Crippen LogP contribution in [0, 0.1) is 5.41 Å². The van der Waals surface area contributed by atoms with Gasteiger partial charge in [0.1, 0.15) is 29.5 Å².